The molecule has 1 aromatic rings. The van der Waals surface area contributed by atoms with Gasteiger partial charge in [-0.15, -0.1) is 0 Å². The average Bonchev–Trinajstić information content (AvgIpc) is 1.76. The maximum absolute atomic E-state index is 3.48. The van der Waals surface area contributed by atoms with Crippen molar-refractivity contribution in [3.63, 3.8) is 0 Å². The third-order valence-corrected chi connectivity index (χ3v) is 0.768. The first kappa shape index (κ1) is 7.28. The molecule has 0 aliphatic heterocycles. The molecule has 0 N–H and O–H groups in total. The molecule has 0 radical (unpaired) electrons. The van der Waals surface area contributed by atoms with Gasteiger partial charge in [0.1, 0.15) is 0 Å². The molecule has 6 heavy (non-hydrogen) atoms. The van der Waals surface area contributed by atoms with Crippen LogP contribution in [0.5, 0.6) is 0 Å². The van der Waals surface area contributed by atoms with Gasteiger partial charge in [-0.3, -0.25) is 18.4 Å². The predicted octanol–water partition coefficient (Wildman–Crippen LogP) is -2.69. The van der Waals surface area contributed by atoms with E-state index in [0.29, 0.717) is 8.19 Å². The second-order valence-corrected chi connectivity index (χ2v) is 1.37. The Morgan fingerprint density at radius 2 is 2.50 bits per heavy atom. The van der Waals surface area contributed by atoms with Gasteiger partial charge in [0.2, 0.25) is 0 Å². The fourth-order valence-electron chi connectivity index (χ4n) is 0.144. The number of hydrogen-bond acceptors (Lipinski definition) is 2. The SMILES string of the molecule is [K+].[c-]1nnc[pH]1. The van der Waals surface area contributed by atoms with Crippen molar-refractivity contribution in [3.8, 4) is 0 Å². The first-order chi connectivity index (χ1) is 2.50. The molecule has 1 unspecified atom stereocenters. The predicted molar refractivity (Wildman–Crippen MR) is 20.4 cm³/mol. The van der Waals surface area contributed by atoms with E-state index in [2.05, 4.69) is 16.1 Å². The van der Waals surface area contributed by atoms with E-state index in [1.165, 1.54) is 0 Å². The molecule has 0 aliphatic rings. The summed E-state index contributed by atoms with van der Waals surface area (Å²) in [4.78, 5) is 0. The zero-order valence-electron chi connectivity index (χ0n) is 3.47. The molecule has 0 aromatic carbocycles. The van der Waals surface area contributed by atoms with E-state index in [1.54, 1.807) is 5.93 Å². The standard InChI is InChI=1S/C2H2N2P.K/c1-3-4-2-5-1;/h1,5H;/q-1;+1. The Morgan fingerprint density at radius 1 is 1.67 bits per heavy atom. The van der Waals surface area contributed by atoms with E-state index >= 15 is 0 Å². The average molecular weight is 124 g/mol. The maximum atomic E-state index is 3.48. The fourth-order valence-corrected chi connectivity index (χ4v) is 0.433. The van der Waals surface area contributed by atoms with Crippen LogP contribution in [0.25, 0.3) is 0 Å². The molecule has 0 amide bonds. The summed E-state index contributed by atoms with van der Waals surface area (Å²) in [6.07, 6.45) is 0. The molecule has 0 saturated carbocycles. The van der Waals surface area contributed by atoms with Gasteiger partial charge in [0.15, 0.2) is 0 Å². The summed E-state index contributed by atoms with van der Waals surface area (Å²) in [6.45, 7) is 0. The smallest absolute Gasteiger partial charge is 0.281 e. The Balaban J connectivity index is 0.000000250. The van der Waals surface area contributed by atoms with E-state index in [-0.39, 0.29) is 51.4 Å². The molecule has 0 fully saturated rings. The van der Waals surface area contributed by atoms with E-state index in [9.17, 15) is 0 Å². The van der Waals surface area contributed by atoms with Crippen LogP contribution in [-0.4, -0.2) is 10.2 Å². The summed E-state index contributed by atoms with van der Waals surface area (Å²) in [6, 6.07) is 0. The van der Waals surface area contributed by atoms with Crippen LogP contribution in [0.1, 0.15) is 0 Å². The maximum Gasteiger partial charge on any atom is 1.00 e. The van der Waals surface area contributed by atoms with Crippen LogP contribution in [0.15, 0.2) is 5.93 Å². The molecule has 4 heteroatoms. The third-order valence-electron chi connectivity index (χ3n) is 0.295. The molecule has 1 aromatic heterocycles. The molecule has 1 heterocycles. The van der Waals surface area contributed by atoms with Crippen LogP contribution in [-0.2, 0) is 0 Å². The molecule has 2 nitrogen and oxygen atoms in total. The van der Waals surface area contributed by atoms with E-state index in [0.717, 1.165) is 0 Å². The van der Waals surface area contributed by atoms with Gasteiger partial charge in [-0.25, -0.2) is 0 Å². The zero-order valence-corrected chi connectivity index (χ0v) is 7.59. The third kappa shape index (κ3) is 2.45. The normalized spacial score (nSPS) is 8.00. The van der Waals surface area contributed by atoms with Crippen molar-refractivity contribution < 1.29 is 51.4 Å². The molecule has 0 saturated heterocycles. The van der Waals surface area contributed by atoms with Crippen molar-refractivity contribution in [2.75, 3.05) is 0 Å². The number of hydrogen-bond donors (Lipinski definition) is 0. The number of aromatic nitrogens is 2. The quantitative estimate of drug-likeness (QED) is 0.278. The van der Waals surface area contributed by atoms with Crippen LogP contribution >= 0.6 is 8.19 Å². The van der Waals surface area contributed by atoms with Crippen LogP contribution in [0.4, 0.5) is 0 Å². The topological polar surface area (TPSA) is 25.8 Å². The zero-order chi connectivity index (χ0) is 3.54. The Labute approximate surface area is 80.2 Å². The minimum Gasteiger partial charge on any atom is -0.281 e. The molecule has 0 spiro atoms. The van der Waals surface area contributed by atoms with Crippen molar-refractivity contribution in [2.24, 2.45) is 0 Å². The van der Waals surface area contributed by atoms with Crippen LogP contribution < -0.4 is 51.4 Å². The summed E-state index contributed by atoms with van der Waals surface area (Å²) in [7, 11) is 0.600. The Bertz CT molecular complexity index is 68.0. The van der Waals surface area contributed by atoms with Crippen LogP contribution in [0.3, 0.4) is 0 Å². The molecule has 1 atom stereocenters. The van der Waals surface area contributed by atoms with Crippen molar-refractivity contribution in [2.45, 2.75) is 0 Å². The molecular formula is C2H2KN2P. The van der Waals surface area contributed by atoms with Gasteiger partial charge < -0.3 is 0 Å². The summed E-state index contributed by atoms with van der Waals surface area (Å²) < 4.78 is 0. The van der Waals surface area contributed by atoms with Crippen molar-refractivity contribution in [1.82, 2.24) is 10.2 Å². The number of rotatable bonds is 0. The second kappa shape index (κ2) is 4.44. The summed E-state index contributed by atoms with van der Waals surface area (Å²) >= 11 is 0. The van der Waals surface area contributed by atoms with Crippen molar-refractivity contribution >= 4 is 8.19 Å². The first-order valence-corrected chi connectivity index (χ1v) is 2.30. The van der Waals surface area contributed by atoms with E-state index < -0.39 is 0 Å². The van der Waals surface area contributed by atoms with Gasteiger partial charge in [0.25, 0.3) is 0 Å². The largest absolute Gasteiger partial charge is 1.00 e. The fraction of sp³-hybridized carbons (Fsp3) is 0. The first-order valence-electron chi connectivity index (χ1n) is 1.22. The van der Waals surface area contributed by atoms with Crippen LogP contribution in [0, 0.1) is 5.93 Å². The summed E-state index contributed by atoms with van der Waals surface area (Å²) in [5.41, 5.74) is 0. The number of nitrogens with zero attached hydrogens (tertiary/aromatic N) is 2. The van der Waals surface area contributed by atoms with Gasteiger partial charge in [0.05, 0.1) is 0 Å². The second-order valence-electron chi connectivity index (χ2n) is 0.601. The minimum absolute atomic E-state index is 0. The molecule has 1 rings (SSSR count). The van der Waals surface area contributed by atoms with Gasteiger partial charge in [0, 0.05) is 0 Å². The van der Waals surface area contributed by atoms with E-state index in [1.807, 2.05) is 0 Å². The van der Waals surface area contributed by atoms with Gasteiger partial charge in [-0.1, -0.05) is 11.9 Å². The van der Waals surface area contributed by atoms with Crippen molar-refractivity contribution in [3.05, 3.63) is 11.9 Å². The van der Waals surface area contributed by atoms with Gasteiger partial charge >= 0.3 is 51.4 Å². The minimum atomic E-state index is 0. The monoisotopic (exact) mass is 124 g/mol. The van der Waals surface area contributed by atoms with Crippen molar-refractivity contribution in [1.29, 1.82) is 0 Å². The van der Waals surface area contributed by atoms with Crippen LogP contribution in [0.2, 0.25) is 0 Å². The molecule has 26 valence electrons. The Kier molecular flexibility index (Phi) is 5.38. The van der Waals surface area contributed by atoms with E-state index in [4.69, 9.17) is 0 Å². The molecule has 0 aliphatic carbocycles. The summed E-state index contributed by atoms with van der Waals surface area (Å²) in [5, 5.41) is 6.90. The summed E-state index contributed by atoms with van der Waals surface area (Å²) in [5.74, 6) is 4.39. The Morgan fingerprint density at radius 3 is 2.67 bits per heavy atom. The van der Waals surface area contributed by atoms with Gasteiger partial charge in [-0.2, -0.15) is 0 Å². The van der Waals surface area contributed by atoms with Gasteiger partial charge in [-0.05, 0) is 0 Å². The molecule has 0 bridgehead atoms. The Hall–Kier alpha value is 1.28. The molecular weight excluding hydrogens is 122 g/mol.